The maximum atomic E-state index is 11.2. The van der Waals surface area contributed by atoms with E-state index in [4.69, 9.17) is 9.47 Å². The first-order valence-electron chi connectivity index (χ1n) is 11.5. The standard InChI is InChI=1S/C25H40O4/c1-6-7-8-9-11-25(4,5)17-13-19(28-16-22(26)27)23-18-10-12-24(2,3)15-21(18)29-20(23)14-17/h10,12,17,19-21H,6-9,11,13-16H2,1-5H3,(H,26,27). The highest BCUT2D eigenvalue weighted by Crippen LogP contribution is 2.51. The zero-order valence-corrected chi connectivity index (χ0v) is 19.0. The van der Waals surface area contributed by atoms with E-state index in [2.05, 4.69) is 46.8 Å². The Hall–Kier alpha value is -1.13. The van der Waals surface area contributed by atoms with Gasteiger partial charge in [0.1, 0.15) is 6.61 Å². The quantitative estimate of drug-likeness (QED) is 0.485. The van der Waals surface area contributed by atoms with Crippen molar-refractivity contribution in [1.82, 2.24) is 0 Å². The van der Waals surface area contributed by atoms with Crippen molar-refractivity contribution in [3.63, 3.8) is 0 Å². The van der Waals surface area contributed by atoms with Crippen LogP contribution in [0.1, 0.15) is 86.0 Å². The summed E-state index contributed by atoms with van der Waals surface area (Å²) in [5.41, 5.74) is 2.82. The fraction of sp³-hybridized carbons (Fsp3) is 0.800. The summed E-state index contributed by atoms with van der Waals surface area (Å²) in [6.07, 6.45) is 13.8. The average molecular weight is 405 g/mol. The molecule has 4 heteroatoms. The van der Waals surface area contributed by atoms with Gasteiger partial charge >= 0.3 is 5.97 Å². The lowest BCUT2D eigenvalue weighted by Crippen LogP contribution is -2.40. The van der Waals surface area contributed by atoms with E-state index in [0.717, 1.165) is 19.3 Å². The van der Waals surface area contributed by atoms with Gasteiger partial charge in [-0.3, -0.25) is 0 Å². The zero-order valence-electron chi connectivity index (χ0n) is 19.0. The van der Waals surface area contributed by atoms with Gasteiger partial charge in [0.15, 0.2) is 0 Å². The Balaban J connectivity index is 1.78. The van der Waals surface area contributed by atoms with E-state index >= 15 is 0 Å². The normalized spacial score (nSPS) is 30.9. The lowest BCUT2D eigenvalue weighted by Gasteiger charge is -2.43. The van der Waals surface area contributed by atoms with Crippen LogP contribution in [0.5, 0.6) is 0 Å². The maximum absolute atomic E-state index is 11.2. The predicted octanol–water partition coefficient (Wildman–Crippen LogP) is 5.91. The molecule has 4 nitrogen and oxygen atoms in total. The van der Waals surface area contributed by atoms with Crippen molar-refractivity contribution in [1.29, 1.82) is 0 Å². The second kappa shape index (κ2) is 8.93. The highest BCUT2D eigenvalue weighted by molar-refractivity contribution is 5.68. The van der Waals surface area contributed by atoms with Gasteiger partial charge in [-0.15, -0.1) is 0 Å². The fourth-order valence-corrected chi connectivity index (χ4v) is 5.43. The van der Waals surface area contributed by atoms with Gasteiger partial charge in [-0.25, -0.2) is 4.79 Å². The molecule has 1 saturated carbocycles. The van der Waals surface area contributed by atoms with Crippen LogP contribution in [0.3, 0.4) is 0 Å². The molecule has 0 radical (unpaired) electrons. The van der Waals surface area contributed by atoms with Gasteiger partial charge in [0.2, 0.25) is 0 Å². The molecule has 0 bridgehead atoms. The van der Waals surface area contributed by atoms with E-state index in [1.54, 1.807) is 0 Å². The summed E-state index contributed by atoms with van der Waals surface area (Å²) in [6.45, 7) is 11.3. The summed E-state index contributed by atoms with van der Waals surface area (Å²) in [6, 6.07) is 0. The molecule has 0 aromatic carbocycles. The van der Waals surface area contributed by atoms with Crippen LogP contribution in [0.4, 0.5) is 0 Å². The molecular formula is C25H40O4. The third-order valence-electron chi connectivity index (χ3n) is 7.31. The van der Waals surface area contributed by atoms with Crippen LogP contribution in [0.25, 0.3) is 0 Å². The van der Waals surface area contributed by atoms with Crippen molar-refractivity contribution in [2.45, 2.75) is 104 Å². The van der Waals surface area contributed by atoms with E-state index in [0.29, 0.717) is 5.92 Å². The third kappa shape index (κ3) is 5.32. The van der Waals surface area contributed by atoms with Crippen LogP contribution < -0.4 is 0 Å². The molecule has 3 aliphatic rings. The summed E-state index contributed by atoms with van der Waals surface area (Å²) >= 11 is 0. The topological polar surface area (TPSA) is 55.8 Å². The van der Waals surface area contributed by atoms with E-state index < -0.39 is 5.97 Å². The number of ether oxygens (including phenoxy) is 2. The summed E-state index contributed by atoms with van der Waals surface area (Å²) < 4.78 is 12.5. The number of allylic oxidation sites excluding steroid dienone is 1. The number of fused-ring (bicyclic) bond motifs is 2. The lowest BCUT2D eigenvalue weighted by molar-refractivity contribution is -0.145. The van der Waals surface area contributed by atoms with Crippen molar-refractivity contribution in [3.8, 4) is 0 Å². The Morgan fingerprint density at radius 3 is 2.69 bits per heavy atom. The Bertz CT molecular complexity index is 658. The molecule has 0 amide bonds. The summed E-state index contributed by atoms with van der Waals surface area (Å²) in [7, 11) is 0. The van der Waals surface area contributed by atoms with Gasteiger partial charge < -0.3 is 14.6 Å². The van der Waals surface area contributed by atoms with Crippen molar-refractivity contribution >= 4 is 5.97 Å². The molecule has 0 aromatic rings. The number of carboxylic acids is 1. The van der Waals surface area contributed by atoms with Crippen molar-refractivity contribution < 1.29 is 19.4 Å². The highest BCUT2D eigenvalue weighted by atomic mass is 16.5. The van der Waals surface area contributed by atoms with Gasteiger partial charge in [0, 0.05) is 0 Å². The number of hydrogen-bond donors (Lipinski definition) is 1. The smallest absolute Gasteiger partial charge is 0.329 e. The Kier molecular flexibility index (Phi) is 6.95. The summed E-state index contributed by atoms with van der Waals surface area (Å²) in [5.74, 6) is -0.418. The van der Waals surface area contributed by atoms with Gasteiger partial charge in [-0.05, 0) is 53.6 Å². The number of rotatable bonds is 9. The van der Waals surface area contributed by atoms with Crippen molar-refractivity contribution in [2.75, 3.05) is 6.61 Å². The van der Waals surface area contributed by atoms with E-state index in [9.17, 15) is 9.90 Å². The zero-order chi connectivity index (χ0) is 21.2. The Morgan fingerprint density at radius 1 is 1.24 bits per heavy atom. The molecule has 0 spiro atoms. The first kappa shape index (κ1) is 22.6. The van der Waals surface area contributed by atoms with E-state index in [-0.39, 0.29) is 35.7 Å². The molecule has 1 fully saturated rings. The molecule has 29 heavy (non-hydrogen) atoms. The van der Waals surface area contributed by atoms with Crippen LogP contribution in [0.2, 0.25) is 0 Å². The molecule has 4 unspecified atom stereocenters. The molecule has 164 valence electrons. The minimum Gasteiger partial charge on any atom is -0.480 e. The lowest BCUT2D eigenvalue weighted by atomic mass is 9.65. The maximum Gasteiger partial charge on any atom is 0.329 e. The molecule has 3 rings (SSSR count). The first-order valence-corrected chi connectivity index (χ1v) is 11.5. The minimum absolute atomic E-state index is 0.0704. The van der Waals surface area contributed by atoms with Crippen molar-refractivity contribution in [3.05, 3.63) is 23.3 Å². The minimum atomic E-state index is -0.899. The highest BCUT2D eigenvalue weighted by Gasteiger charge is 2.48. The molecule has 4 atom stereocenters. The first-order chi connectivity index (χ1) is 13.6. The Morgan fingerprint density at radius 2 is 2.00 bits per heavy atom. The van der Waals surface area contributed by atoms with Gasteiger partial charge in [0.25, 0.3) is 0 Å². The van der Waals surface area contributed by atoms with Gasteiger partial charge in [0.05, 0.1) is 18.3 Å². The van der Waals surface area contributed by atoms with Gasteiger partial charge in [-0.1, -0.05) is 72.5 Å². The van der Waals surface area contributed by atoms with Crippen LogP contribution in [0.15, 0.2) is 23.3 Å². The molecular weight excluding hydrogens is 364 g/mol. The van der Waals surface area contributed by atoms with Crippen LogP contribution in [-0.2, 0) is 14.3 Å². The van der Waals surface area contributed by atoms with Crippen LogP contribution in [0, 0.1) is 16.7 Å². The molecule has 1 N–H and O–H groups in total. The average Bonchev–Trinajstić information content (AvgIpc) is 2.99. The van der Waals surface area contributed by atoms with Crippen LogP contribution >= 0.6 is 0 Å². The summed E-state index contributed by atoms with van der Waals surface area (Å²) in [5, 5.41) is 9.19. The number of carbonyl (C=O) groups is 1. The molecule has 0 aromatic heterocycles. The second-order valence-electron chi connectivity index (χ2n) is 10.7. The van der Waals surface area contributed by atoms with E-state index in [1.807, 2.05) is 0 Å². The van der Waals surface area contributed by atoms with Gasteiger partial charge in [-0.2, -0.15) is 0 Å². The van der Waals surface area contributed by atoms with Crippen LogP contribution in [-0.4, -0.2) is 36.0 Å². The predicted molar refractivity (Wildman–Crippen MR) is 116 cm³/mol. The van der Waals surface area contributed by atoms with Crippen molar-refractivity contribution in [2.24, 2.45) is 16.7 Å². The number of unbranched alkanes of at least 4 members (excludes halogenated alkanes) is 3. The third-order valence-corrected chi connectivity index (χ3v) is 7.31. The largest absolute Gasteiger partial charge is 0.480 e. The summed E-state index contributed by atoms with van der Waals surface area (Å²) in [4.78, 5) is 11.2. The Labute approximate surface area is 176 Å². The molecule has 2 aliphatic carbocycles. The van der Waals surface area contributed by atoms with E-state index in [1.165, 1.54) is 43.3 Å². The molecule has 1 heterocycles. The number of hydrogen-bond acceptors (Lipinski definition) is 3. The SMILES string of the molecule is CCCCCCC(C)(C)C1CC(OCC(=O)O)C2=C3C=CC(C)(C)CC3OC2C1. The fourth-order valence-electron chi connectivity index (χ4n) is 5.43. The molecule has 0 saturated heterocycles. The monoisotopic (exact) mass is 404 g/mol. The number of aliphatic carboxylic acids is 1. The second-order valence-corrected chi connectivity index (χ2v) is 10.7. The number of carboxylic acid groups (broad SMARTS) is 1. The molecule has 1 aliphatic heterocycles.